The summed E-state index contributed by atoms with van der Waals surface area (Å²) in [5, 5.41) is 18.0. The third-order valence-electron chi connectivity index (χ3n) is 5.25. The van der Waals surface area contributed by atoms with Crippen molar-refractivity contribution in [3.05, 3.63) is 104 Å². The van der Waals surface area contributed by atoms with Crippen LogP contribution in [0.25, 0.3) is 5.70 Å². The van der Waals surface area contributed by atoms with Crippen molar-refractivity contribution in [3.63, 3.8) is 0 Å². The highest BCUT2D eigenvalue weighted by molar-refractivity contribution is 9.10. The van der Waals surface area contributed by atoms with Crippen LogP contribution in [0.5, 0.6) is 5.75 Å². The van der Waals surface area contributed by atoms with Crippen molar-refractivity contribution in [3.8, 4) is 5.75 Å². The zero-order chi connectivity index (χ0) is 21.3. The molecule has 2 atom stereocenters. The SMILES string of the molecule is CCc1ccc(C2=CC(c3cc(Cl)ccc3O)NC(c3ccc(F)c(Br)c3)N2)cc1. The minimum absolute atomic E-state index is 0.162. The van der Waals surface area contributed by atoms with Crippen molar-refractivity contribution in [1.82, 2.24) is 10.6 Å². The predicted molar refractivity (Wildman–Crippen MR) is 123 cm³/mol. The molecule has 1 aliphatic rings. The molecule has 0 amide bonds. The van der Waals surface area contributed by atoms with Gasteiger partial charge in [-0.15, -0.1) is 0 Å². The molecule has 0 radical (unpaired) electrons. The first kappa shape index (κ1) is 20.9. The van der Waals surface area contributed by atoms with Crippen LogP contribution in [0.1, 0.15) is 41.4 Å². The molecule has 154 valence electrons. The Hall–Kier alpha value is -2.34. The Bertz CT molecular complexity index is 1100. The van der Waals surface area contributed by atoms with Crippen molar-refractivity contribution in [2.24, 2.45) is 0 Å². The van der Waals surface area contributed by atoms with Gasteiger partial charge in [0.05, 0.1) is 10.5 Å². The molecule has 3 N–H and O–H groups in total. The van der Waals surface area contributed by atoms with Crippen LogP contribution in [-0.4, -0.2) is 5.11 Å². The van der Waals surface area contributed by atoms with E-state index in [0.29, 0.717) is 15.1 Å². The molecule has 0 saturated carbocycles. The molecule has 1 aliphatic heterocycles. The van der Waals surface area contributed by atoms with Gasteiger partial charge in [-0.05, 0) is 75.4 Å². The van der Waals surface area contributed by atoms with E-state index in [9.17, 15) is 9.50 Å². The Kier molecular flexibility index (Phi) is 6.14. The highest BCUT2D eigenvalue weighted by Gasteiger charge is 2.26. The summed E-state index contributed by atoms with van der Waals surface area (Å²) in [6, 6.07) is 18.0. The Morgan fingerprint density at radius 1 is 1.07 bits per heavy atom. The second-order valence-corrected chi connectivity index (χ2v) is 8.52. The Morgan fingerprint density at radius 2 is 1.83 bits per heavy atom. The first-order valence-electron chi connectivity index (χ1n) is 9.71. The summed E-state index contributed by atoms with van der Waals surface area (Å²) >= 11 is 9.46. The second kappa shape index (κ2) is 8.80. The van der Waals surface area contributed by atoms with Gasteiger partial charge in [-0.1, -0.05) is 48.9 Å². The summed E-state index contributed by atoms with van der Waals surface area (Å²) in [6.45, 7) is 2.12. The molecule has 6 heteroatoms. The van der Waals surface area contributed by atoms with Crippen molar-refractivity contribution in [2.45, 2.75) is 25.6 Å². The molecule has 4 rings (SSSR count). The van der Waals surface area contributed by atoms with Gasteiger partial charge in [0.15, 0.2) is 0 Å². The first-order valence-corrected chi connectivity index (χ1v) is 10.9. The number of phenolic OH excluding ortho intramolecular Hbond substituents is 1. The lowest BCUT2D eigenvalue weighted by atomic mass is 9.97. The standard InChI is InChI=1S/C24H21BrClFN2O/c1-2-14-3-5-15(6-4-14)21-13-22(18-12-17(26)8-10-23(18)30)29-24(28-21)16-7-9-20(27)19(25)11-16/h3-13,22,24,28-30H,2H2,1H3. The quantitative estimate of drug-likeness (QED) is 0.394. The van der Waals surface area contributed by atoms with Crippen molar-refractivity contribution in [1.29, 1.82) is 0 Å². The van der Waals surface area contributed by atoms with E-state index in [4.69, 9.17) is 11.6 Å². The van der Waals surface area contributed by atoms with E-state index >= 15 is 0 Å². The minimum Gasteiger partial charge on any atom is -0.508 e. The first-order chi connectivity index (χ1) is 14.4. The highest BCUT2D eigenvalue weighted by atomic mass is 79.9. The molecular formula is C24H21BrClFN2O. The molecule has 2 unspecified atom stereocenters. The Balaban J connectivity index is 1.77. The predicted octanol–water partition coefficient (Wildman–Crippen LogP) is 6.48. The molecule has 0 spiro atoms. The van der Waals surface area contributed by atoms with Crippen LogP contribution in [-0.2, 0) is 6.42 Å². The number of hydrogen-bond acceptors (Lipinski definition) is 3. The lowest BCUT2D eigenvalue weighted by molar-refractivity contribution is 0.418. The van der Waals surface area contributed by atoms with Crippen LogP contribution >= 0.6 is 27.5 Å². The lowest BCUT2D eigenvalue weighted by Gasteiger charge is -2.33. The van der Waals surface area contributed by atoms with Crippen LogP contribution in [0.3, 0.4) is 0 Å². The zero-order valence-electron chi connectivity index (χ0n) is 16.3. The van der Waals surface area contributed by atoms with Crippen LogP contribution in [0, 0.1) is 5.82 Å². The maximum atomic E-state index is 13.8. The summed E-state index contributed by atoms with van der Waals surface area (Å²) < 4.78 is 14.2. The summed E-state index contributed by atoms with van der Waals surface area (Å²) in [5.41, 5.74) is 4.76. The van der Waals surface area contributed by atoms with E-state index in [1.54, 1.807) is 30.3 Å². The van der Waals surface area contributed by atoms with Crippen molar-refractivity contribution >= 4 is 33.2 Å². The molecule has 3 nitrogen and oxygen atoms in total. The van der Waals surface area contributed by atoms with Gasteiger partial charge in [0.1, 0.15) is 17.7 Å². The number of phenols is 1. The number of hydrogen-bond donors (Lipinski definition) is 3. The number of aryl methyl sites for hydroxylation is 1. The average Bonchev–Trinajstić information content (AvgIpc) is 2.77. The third kappa shape index (κ3) is 4.38. The highest BCUT2D eigenvalue weighted by Crippen LogP contribution is 2.35. The molecular weight excluding hydrogens is 467 g/mol. The molecule has 3 aromatic rings. The van der Waals surface area contributed by atoms with Gasteiger partial charge in [-0.25, -0.2) is 4.39 Å². The third-order valence-corrected chi connectivity index (χ3v) is 6.10. The number of benzene rings is 3. The number of halogens is 3. The van der Waals surface area contributed by atoms with E-state index < -0.39 is 0 Å². The maximum Gasteiger partial charge on any atom is 0.137 e. The maximum absolute atomic E-state index is 13.8. The normalized spacial score (nSPS) is 18.6. The minimum atomic E-state index is -0.315. The van der Waals surface area contributed by atoms with Gasteiger partial charge in [-0.2, -0.15) is 0 Å². The zero-order valence-corrected chi connectivity index (χ0v) is 18.6. The monoisotopic (exact) mass is 486 g/mol. The molecule has 1 heterocycles. The fraction of sp³-hybridized carbons (Fsp3) is 0.167. The van der Waals surface area contributed by atoms with Gasteiger partial charge in [0.2, 0.25) is 0 Å². The van der Waals surface area contributed by atoms with Gasteiger partial charge in [0.25, 0.3) is 0 Å². The summed E-state index contributed by atoms with van der Waals surface area (Å²) in [7, 11) is 0. The summed E-state index contributed by atoms with van der Waals surface area (Å²) in [4.78, 5) is 0. The summed E-state index contributed by atoms with van der Waals surface area (Å²) in [6.07, 6.45) is 2.71. The summed E-state index contributed by atoms with van der Waals surface area (Å²) in [5.74, 6) is -0.153. The second-order valence-electron chi connectivity index (χ2n) is 7.23. The fourth-order valence-electron chi connectivity index (χ4n) is 3.56. The fourth-order valence-corrected chi connectivity index (χ4v) is 4.14. The Morgan fingerprint density at radius 3 is 2.53 bits per heavy atom. The average molecular weight is 488 g/mol. The number of nitrogens with one attached hydrogen (secondary N) is 2. The largest absolute Gasteiger partial charge is 0.508 e. The van der Waals surface area contributed by atoms with Crippen LogP contribution in [0.2, 0.25) is 5.02 Å². The smallest absolute Gasteiger partial charge is 0.137 e. The molecule has 0 aromatic heterocycles. The van der Waals surface area contributed by atoms with Gasteiger partial charge in [-0.3, -0.25) is 5.32 Å². The van der Waals surface area contributed by atoms with Crippen LogP contribution in [0.15, 0.2) is 71.2 Å². The molecule has 30 heavy (non-hydrogen) atoms. The molecule has 0 bridgehead atoms. The molecule has 3 aromatic carbocycles. The van der Waals surface area contributed by atoms with Gasteiger partial charge >= 0.3 is 0 Å². The van der Waals surface area contributed by atoms with Crippen LogP contribution < -0.4 is 10.6 Å². The van der Waals surface area contributed by atoms with E-state index in [0.717, 1.165) is 23.2 Å². The molecule has 0 fully saturated rings. The van der Waals surface area contributed by atoms with Gasteiger partial charge in [0, 0.05) is 16.3 Å². The van der Waals surface area contributed by atoms with Crippen molar-refractivity contribution < 1.29 is 9.50 Å². The van der Waals surface area contributed by atoms with E-state index in [1.165, 1.54) is 11.6 Å². The van der Waals surface area contributed by atoms with Crippen molar-refractivity contribution in [2.75, 3.05) is 0 Å². The van der Waals surface area contributed by atoms with Gasteiger partial charge < -0.3 is 10.4 Å². The lowest BCUT2D eigenvalue weighted by Crippen LogP contribution is -2.39. The topological polar surface area (TPSA) is 44.3 Å². The Labute approximate surface area is 188 Å². The van der Waals surface area contributed by atoms with Crippen LogP contribution in [0.4, 0.5) is 4.39 Å². The number of aromatic hydroxyl groups is 1. The van der Waals surface area contributed by atoms with E-state index in [-0.39, 0.29) is 23.8 Å². The molecule has 0 saturated heterocycles. The number of rotatable bonds is 4. The van der Waals surface area contributed by atoms with E-state index in [2.05, 4.69) is 57.8 Å². The molecule has 0 aliphatic carbocycles. The van der Waals surface area contributed by atoms with E-state index in [1.807, 2.05) is 6.08 Å².